The molecule has 1 fully saturated rings. The number of aliphatic hydroxyl groups excluding tert-OH is 2. The van der Waals surface area contributed by atoms with Crippen molar-refractivity contribution in [1.82, 2.24) is 0 Å². The lowest BCUT2D eigenvalue weighted by Gasteiger charge is -2.31. The number of phosphoric acid groups is 1. The standard InChI is InChI=1S/C21H25F2O9P/c1-13-18(24)19(25)21(30-13,20(22)23)12-29-33(26,31-16-8-4-14(27-2)5-9-16)32-17-10-6-15(28-3)7-11-17/h4-11,13,18-20,24-25H,12H2,1-3H3/t13-,18-,19+,21+/m0/s1. The van der Waals surface area contributed by atoms with E-state index in [1.165, 1.54) is 69.7 Å². The molecule has 2 aromatic carbocycles. The number of hydrogen-bond acceptors (Lipinski definition) is 9. The molecule has 0 radical (unpaired) electrons. The second-order valence-corrected chi connectivity index (χ2v) is 8.79. The van der Waals surface area contributed by atoms with Crippen LogP contribution in [0.5, 0.6) is 23.0 Å². The predicted octanol–water partition coefficient (Wildman–Crippen LogP) is 3.43. The van der Waals surface area contributed by atoms with Crippen molar-refractivity contribution in [3.63, 3.8) is 0 Å². The van der Waals surface area contributed by atoms with E-state index in [0.717, 1.165) is 0 Å². The zero-order valence-corrected chi connectivity index (χ0v) is 19.0. The van der Waals surface area contributed by atoms with Crippen LogP contribution < -0.4 is 18.5 Å². The second kappa shape index (κ2) is 10.2. The molecular weight excluding hydrogens is 465 g/mol. The van der Waals surface area contributed by atoms with Crippen LogP contribution in [0.3, 0.4) is 0 Å². The first kappa shape index (κ1) is 25.2. The van der Waals surface area contributed by atoms with Crippen LogP contribution in [0.1, 0.15) is 6.92 Å². The molecule has 0 unspecified atom stereocenters. The van der Waals surface area contributed by atoms with Crippen LogP contribution in [0, 0.1) is 0 Å². The molecule has 0 aliphatic carbocycles. The zero-order chi connectivity index (χ0) is 24.2. The molecule has 1 aliphatic heterocycles. The summed E-state index contributed by atoms with van der Waals surface area (Å²) in [5.41, 5.74) is -2.64. The number of phosphoric ester groups is 1. The third-order valence-electron chi connectivity index (χ3n) is 5.08. The Morgan fingerprint density at radius 3 is 1.70 bits per heavy atom. The van der Waals surface area contributed by atoms with Gasteiger partial charge in [0.25, 0.3) is 6.43 Å². The van der Waals surface area contributed by atoms with Gasteiger partial charge in [-0.05, 0) is 55.5 Å². The molecule has 12 heteroatoms. The maximum absolute atomic E-state index is 13.9. The second-order valence-electron chi connectivity index (χ2n) is 7.27. The van der Waals surface area contributed by atoms with Crippen LogP contribution in [-0.2, 0) is 13.8 Å². The predicted molar refractivity (Wildman–Crippen MR) is 112 cm³/mol. The summed E-state index contributed by atoms with van der Waals surface area (Å²) < 4.78 is 72.6. The number of aliphatic hydroxyl groups is 2. The van der Waals surface area contributed by atoms with Crippen LogP contribution in [0.25, 0.3) is 0 Å². The summed E-state index contributed by atoms with van der Waals surface area (Å²) in [5, 5.41) is 20.1. The molecule has 0 bridgehead atoms. The molecule has 2 N–H and O–H groups in total. The number of alkyl halides is 2. The van der Waals surface area contributed by atoms with Crippen molar-refractivity contribution in [1.29, 1.82) is 0 Å². The lowest BCUT2D eigenvalue weighted by atomic mass is 9.96. The summed E-state index contributed by atoms with van der Waals surface area (Å²) in [6, 6.07) is 11.8. The highest BCUT2D eigenvalue weighted by Gasteiger charge is 2.60. The lowest BCUT2D eigenvalue weighted by Crippen LogP contribution is -2.52. The van der Waals surface area contributed by atoms with E-state index in [1.54, 1.807) is 0 Å². The molecule has 4 atom stereocenters. The third-order valence-corrected chi connectivity index (χ3v) is 6.40. The van der Waals surface area contributed by atoms with Gasteiger partial charge in [0.05, 0.1) is 26.9 Å². The van der Waals surface area contributed by atoms with E-state index in [1.807, 2.05) is 0 Å². The Labute approximate surface area is 189 Å². The highest BCUT2D eigenvalue weighted by molar-refractivity contribution is 7.49. The average Bonchev–Trinajstić information content (AvgIpc) is 3.03. The average molecular weight is 490 g/mol. The molecule has 33 heavy (non-hydrogen) atoms. The van der Waals surface area contributed by atoms with Gasteiger partial charge in [-0.25, -0.2) is 13.3 Å². The summed E-state index contributed by atoms with van der Waals surface area (Å²) in [6.07, 6.45) is -7.97. The molecule has 1 heterocycles. The van der Waals surface area contributed by atoms with Gasteiger partial charge in [-0.3, -0.25) is 4.52 Å². The van der Waals surface area contributed by atoms with E-state index in [4.69, 9.17) is 27.8 Å². The number of ether oxygens (including phenoxy) is 3. The molecule has 9 nitrogen and oxygen atoms in total. The third kappa shape index (κ3) is 5.56. The lowest BCUT2D eigenvalue weighted by molar-refractivity contribution is -0.180. The molecule has 3 rings (SSSR count). The van der Waals surface area contributed by atoms with E-state index < -0.39 is 44.8 Å². The fourth-order valence-electron chi connectivity index (χ4n) is 3.18. The van der Waals surface area contributed by atoms with Gasteiger partial charge in [-0.2, -0.15) is 0 Å². The van der Waals surface area contributed by atoms with Crippen molar-refractivity contribution in [2.45, 2.75) is 37.3 Å². The Hall–Kier alpha value is -2.43. The summed E-state index contributed by atoms with van der Waals surface area (Å²) in [4.78, 5) is 0. The number of benzene rings is 2. The van der Waals surface area contributed by atoms with Crippen LogP contribution in [0.4, 0.5) is 8.78 Å². The molecule has 0 spiro atoms. The summed E-state index contributed by atoms with van der Waals surface area (Å²) in [7, 11) is -1.68. The van der Waals surface area contributed by atoms with Crippen LogP contribution in [-0.4, -0.2) is 61.4 Å². The number of rotatable bonds is 10. The SMILES string of the molecule is COc1ccc(OP(=O)(OC[C@@]2(C(F)F)O[C@@H](C)[C@H](O)[C@H]2O)Oc2ccc(OC)cc2)cc1. The Balaban J connectivity index is 1.87. The molecule has 0 amide bonds. The van der Waals surface area contributed by atoms with Gasteiger partial charge in [0.2, 0.25) is 0 Å². The first-order valence-corrected chi connectivity index (χ1v) is 11.3. The summed E-state index contributed by atoms with van der Waals surface area (Å²) >= 11 is 0. The Morgan fingerprint density at radius 2 is 1.36 bits per heavy atom. The fraction of sp³-hybridized carbons (Fsp3) is 0.429. The van der Waals surface area contributed by atoms with Gasteiger partial charge < -0.3 is 33.5 Å². The maximum Gasteiger partial charge on any atom is 0.587 e. The Kier molecular flexibility index (Phi) is 7.81. The quantitative estimate of drug-likeness (QED) is 0.484. The molecule has 0 saturated carbocycles. The van der Waals surface area contributed by atoms with Crippen LogP contribution >= 0.6 is 7.82 Å². The molecule has 1 aliphatic rings. The maximum atomic E-state index is 13.9. The molecular formula is C21H25F2O9P. The normalized spacial score (nSPS) is 25.2. The van der Waals surface area contributed by atoms with Gasteiger partial charge in [0.15, 0.2) is 5.60 Å². The molecule has 1 saturated heterocycles. The minimum atomic E-state index is -4.60. The summed E-state index contributed by atoms with van der Waals surface area (Å²) in [6.45, 7) is 0.232. The zero-order valence-electron chi connectivity index (χ0n) is 18.1. The highest BCUT2D eigenvalue weighted by atomic mass is 31.2. The minimum absolute atomic E-state index is 0.0417. The first-order valence-electron chi connectivity index (χ1n) is 9.86. The van der Waals surface area contributed by atoms with Crippen LogP contribution in [0.15, 0.2) is 48.5 Å². The van der Waals surface area contributed by atoms with E-state index >= 15 is 0 Å². The van der Waals surface area contributed by atoms with Gasteiger partial charge in [0, 0.05) is 0 Å². The van der Waals surface area contributed by atoms with E-state index in [-0.39, 0.29) is 11.5 Å². The van der Waals surface area contributed by atoms with Gasteiger partial charge in [0.1, 0.15) is 35.2 Å². The van der Waals surface area contributed by atoms with Crippen molar-refractivity contribution < 1.29 is 51.3 Å². The van der Waals surface area contributed by atoms with Crippen molar-refractivity contribution >= 4 is 7.82 Å². The van der Waals surface area contributed by atoms with Gasteiger partial charge in [-0.1, -0.05) is 0 Å². The Bertz CT molecular complexity index is 904. The summed E-state index contributed by atoms with van der Waals surface area (Å²) in [5.74, 6) is 1.08. The van der Waals surface area contributed by atoms with Crippen molar-refractivity contribution in [3.05, 3.63) is 48.5 Å². The van der Waals surface area contributed by atoms with E-state index in [2.05, 4.69) is 0 Å². The molecule has 0 aromatic heterocycles. The molecule has 2 aromatic rings. The van der Waals surface area contributed by atoms with E-state index in [0.29, 0.717) is 11.5 Å². The van der Waals surface area contributed by atoms with Gasteiger partial charge >= 0.3 is 7.82 Å². The highest BCUT2D eigenvalue weighted by Crippen LogP contribution is 2.52. The fourth-order valence-corrected chi connectivity index (χ4v) is 4.44. The number of halogens is 2. The van der Waals surface area contributed by atoms with Crippen molar-refractivity contribution in [2.24, 2.45) is 0 Å². The smallest absolute Gasteiger partial charge is 0.497 e. The van der Waals surface area contributed by atoms with E-state index in [9.17, 15) is 23.6 Å². The van der Waals surface area contributed by atoms with Crippen molar-refractivity contribution in [3.8, 4) is 23.0 Å². The molecule has 182 valence electrons. The minimum Gasteiger partial charge on any atom is -0.497 e. The number of methoxy groups -OCH3 is 2. The number of hydrogen-bond donors (Lipinski definition) is 2. The first-order chi connectivity index (χ1) is 15.6. The van der Waals surface area contributed by atoms with Gasteiger partial charge in [-0.15, -0.1) is 0 Å². The topological polar surface area (TPSA) is 113 Å². The van der Waals surface area contributed by atoms with Crippen LogP contribution in [0.2, 0.25) is 0 Å². The van der Waals surface area contributed by atoms with Crippen molar-refractivity contribution in [2.75, 3.05) is 20.8 Å². The largest absolute Gasteiger partial charge is 0.587 e. The Morgan fingerprint density at radius 1 is 0.939 bits per heavy atom. The monoisotopic (exact) mass is 490 g/mol.